The molecule has 1 aliphatic carbocycles. The van der Waals surface area contributed by atoms with Crippen molar-refractivity contribution in [2.24, 2.45) is 5.92 Å². The summed E-state index contributed by atoms with van der Waals surface area (Å²) in [5.74, 6) is 0.233. The molecule has 3 nitrogen and oxygen atoms in total. The van der Waals surface area contributed by atoms with Gasteiger partial charge in [-0.3, -0.25) is 4.79 Å². The lowest BCUT2D eigenvalue weighted by atomic mass is 9.81. The standard InChI is InChI=1S/C21H26N2O/c1-22-14-7-6-8-16(22)13-15-23-19-11-4-2-9-17(19)21(24)18-10-3-5-12-20(18)23/h2-5,9-12,16-17,19H,6-8,13-15H2,1H3. The molecule has 2 heterocycles. The van der Waals surface area contributed by atoms with Gasteiger partial charge in [0.1, 0.15) is 0 Å². The van der Waals surface area contributed by atoms with Crippen molar-refractivity contribution in [2.75, 3.05) is 25.0 Å². The van der Waals surface area contributed by atoms with E-state index >= 15 is 0 Å². The third-order valence-corrected chi connectivity index (χ3v) is 5.87. The molecular formula is C21H26N2O. The van der Waals surface area contributed by atoms with Crippen molar-refractivity contribution < 1.29 is 4.79 Å². The van der Waals surface area contributed by atoms with Crippen LogP contribution >= 0.6 is 0 Å². The van der Waals surface area contributed by atoms with Gasteiger partial charge in [0.2, 0.25) is 0 Å². The normalized spacial score (nSPS) is 29.5. The summed E-state index contributed by atoms with van der Waals surface area (Å²) >= 11 is 0. The van der Waals surface area contributed by atoms with Crippen LogP contribution in [0, 0.1) is 5.92 Å². The molecule has 4 rings (SSSR count). The van der Waals surface area contributed by atoms with Crippen molar-refractivity contribution >= 4 is 11.5 Å². The van der Waals surface area contributed by atoms with Gasteiger partial charge < -0.3 is 9.80 Å². The van der Waals surface area contributed by atoms with Gasteiger partial charge in [-0.2, -0.15) is 0 Å². The highest BCUT2D eigenvalue weighted by molar-refractivity contribution is 6.06. The Morgan fingerprint density at radius 2 is 1.96 bits per heavy atom. The number of ketones is 1. The molecule has 3 aliphatic rings. The quantitative estimate of drug-likeness (QED) is 0.848. The second-order valence-electron chi connectivity index (χ2n) is 7.28. The van der Waals surface area contributed by atoms with Crippen LogP contribution in [-0.4, -0.2) is 42.9 Å². The Kier molecular flexibility index (Phi) is 4.28. The SMILES string of the molecule is CN1CCCCC1CCN1c2ccccc2C(=O)C2C=CC=CC21. The van der Waals surface area contributed by atoms with Gasteiger partial charge in [0, 0.05) is 23.8 Å². The fourth-order valence-electron chi connectivity index (χ4n) is 4.47. The number of allylic oxidation sites excluding steroid dienone is 2. The third-order valence-electron chi connectivity index (χ3n) is 5.87. The largest absolute Gasteiger partial charge is 0.363 e. The molecule has 0 bridgehead atoms. The summed E-state index contributed by atoms with van der Waals surface area (Å²) in [4.78, 5) is 17.8. The van der Waals surface area contributed by atoms with Gasteiger partial charge in [0.25, 0.3) is 0 Å². The van der Waals surface area contributed by atoms with Gasteiger partial charge in [-0.1, -0.05) is 42.9 Å². The molecule has 1 aromatic carbocycles. The Morgan fingerprint density at radius 1 is 1.12 bits per heavy atom. The highest BCUT2D eigenvalue weighted by Gasteiger charge is 2.38. The maximum Gasteiger partial charge on any atom is 0.174 e. The average Bonchev–Trinajstić information content (AvgIpc) is 2.63. The Labute approximate surface area is 144 Å². The molecule has 3 unspecified atom stereocenters. The number of para-hydroxylation sites is 1. The van der Waals surface area contributed by atoms with Crippen LogP contribution in [0.5, 0.6) is 0 Å². The maximum atomic E-state index is 12.8. The van der Waals surface area contributed by atoms with E-state index in [0.717, 1.165) is 17.8 Å². The zero-order chi connectivity index (χ0) is 16.5. The summed E-state index contributed by atoms with van der Waals surface area (Å²) in [6.45, 7) is 2.23. The fraction of sp³-hybridized carbons (Fsp3) is 0.476. The van der Waals surface area contributed by atoms with Crippen LogP contribution in [0.15, 0.2) is 48.6 Å². The molecule has 0 spiro atoms. The monoisotopic (exact) mass is 322 g/mol. The number of hydrogen-bond acceptors (Lipinski definition) is 3. The summed E-state index contributed by atoms with van der Waals surface area (Å²) in [7, 11) is 2.25. The first-order valence-corrected chi connectivity index (χ1v) is 9.21. The molecule has 3 atom stereocenters. The number of benzene rings is 1. The number of hydrogen-bond donors (Lipinski definition) is 0. The molecule has 0 aromatic heterocycles. The maximum absolute atomic E-state index is 12.8. The lowest BCUT2D eigenvalue weighted by Crippen LogP contribution is -2.49. The van der Waals surface area contributed by atoms with Crippen LogP contribution in [0.4, 0.5) is 5.69 Å². The van der Waals surface area contributed by atoms with E-state index in [0.29, 0.717) is 6.04 Å². The highest BCUT2D eigenvalue weighted by Crippen LogP contribution is 2.36. The van der Waals surface area contributed by atoms with Crippen molar-refractivity contribution in [3.8, 4) is 0 Å². The minimum Gasteiger partial charge on any atom is -0.363 e. The van der Waals surface area contributed by atoms with E-state index in [1.54, 1.807) is 0 Å². The smallest absolute Gasteiger partial charge is 0.174 e. The van der Waals surface area contributed by atoms with Crippen LogP contribution < -0.4 is 4.90 Å². The number of carbonyl (C=O) groups excluding carboxylic acids is 1. The van der Waals surface area contributed by atoms with Crippen molar-refractivity contribution in [1.82, 2.24) is 4.90 Å². The van der Waals surface area contributed by atoms with Crippen LogP contribution in [-0.2, 0) is 0 Å². The van der Waals surface area contributed by atoms with E-state index in [2.05, 4.69) is 47.2 Å². The minimum absolute atomic E-state index is 0.0333. The van der Waals surface area contributed by atoms with Crippen molar-refractivity contribution in [2.45, 2.75) is 37.8 Å². The van der Waals surface area contributed by atoms with E-state index in [-0.39, 0.29) is 17.7 Å². The number of rotatable bonds is 3. The zero-order valence-corrected chi connectivity index (χ0v) is 14.4. The lowest BCUT2D eigenvalue weighted by molar-refractivity contribution is 0.0927. The van der Waals surface area contributed by atoms with E-state index in [9.17, 15) is 4.79 Å². The molecule has 0 amide bonds. The number of nitrogens with zero attached hydrogens (tertiary/aromatic N) is 2. The van der Waals surface area contributed by atoms with Gasteiger partial charge in [0.05, 0.1) is 12.0 Å². The zero-order valence-electron chi connectivity index (χ0n) is 14.4. The summed E-state index contributed by atoms with van der Waals surface area (Å²) in [5.41, 5.74) is 2.00. The van der Waals surface area contributed by atoms with Gasteiger partial charge in [-0.15, -0.1) is 0 Å². The number of likely N-dealkylation sites (tertiary alicyclic amines) is 1. The van der Waals surface area contributed by atoms with Crippen LogP contribution in [0.2, 0.25) is 0 Å². The molecule has 1 saturated heterocycles. The van der Waals surface area contributed by atoms with Crippen molar-refractivity contribution in [3.63, 3.8) is 0 Å². The predicted molar refractivity (Wildman–Crippen MR) is 98.6 cm³/mol. The second kappa shape index (κ2) is 6.56. The lowest BCUT2D eigenvalue weighted by Gasteiger charge is -2.43. The molecular weight excluding hydrogens is 296 g/mol. The molecule has 1 fully saturated rings. The molecule has 24 heavy (non-hydrogen) atoms. The van der Waals surface area contributed by atoms with Crippen molar-refractivity contribution in [3.05, 3.63) is 54.1 Å². The molecule has 3 heteroatoms. The number of anilines is 1. The first-order chi connectivity index (χ1) is 11.8. The fourth-order valence-corrected chi connectivity index (χ4v) is 4.47. The summed E-state index contributed by atoms with van der Waals surface area (Å²) < 4.78 is 0. The summed E-state index contributed by atoms with van der Waals surface area (Å²) in [6, 6.07) is 8.97. The number of Topliss-reactive ketones (excluding diaryl/α,β-unsaturated/α-hetero) is 1. The molecule has 0 saturated carbocycles. The number of carbonyl (C=O) groups is 1. The molecule has 0 N–H and O–H groups in total. The second-order valence-corrected chi connectivity index (χ2v) is 7.28. The van der Waals surface area contributed by atoms with Crippen LogP contribution in [0.3, 0.4) is 0 Å². The average molecular weight is 322 g/mol. The van der Waals surface area contributed by atoms with Gasteiger partial charge in [-0.05, 0) is 45.0 Å². The Morgan fingerprint density at radius 3 is 2.83 bits per heavy atom. The minimum atomic E-state index is -0.0333. The summed E-state index contributed by atoms with van der Waals surface area (Å²) in [5, 5.41) is 0. The Balaban J connectivity index is 1.60. The molecule has 2 aliphatic heterocycles. The van der Waals surface area contributed by atoms with Gasteiger partial charge >= 0.3 is 0 Å². The highest BCUT2D eigenvalue weighted by atomic mass is 16.1. The topological polar surface area (TPSA) is 23.6 Å². The summed E-state index contributed by atoms with van der Waals surface area (Å²) in [6.07, 6.45) is 13.5. The van der Waals surface area contributed by atoms with Gasteiger partial charge in [0.15, 0.2) is 5.78 Å². The van der Waals surface area contributed by atoms with Crippen LogP contribution in [0.25, 0.3) is 0 Å². The van der Waals surface area contributed by atoms with Crippen molar-refractivity contribution in [1.29, 1.82) is 0 Å². The Bertz CT molecular complexity index is 678. The first-order valence-electron chi connectivity index (χ1n) is 9.21. The molecule has 126 valence electrons. The van der Waals surface area contributed by atoms with E-state index in [1.165, 1.54) is 32.2 Å². The van der Waals surface area contributed by atoms with Crippen LogP contribution in [0.1, 0.15) is 36.0 Å². The van der Waals surface area contributed by atoms with E-state index in [1.807, 2.05) is 18.2 Å². The molecule has 1 aromatic rings. The van der Waals surface area contributed by atoms with Gasteiger partial charge in [-0.25, -0.2) is 0 Å². The van der Waals surface area contributed by atoms with E-state index in [4.69, 9.17) is 0 Å². The Hall–Kier alpha value is -1.87. The number of fused-ring (bicyclic) bond motifs is 2. The van der Waals surface area contributed by atoms with E-state index < -0.39 is 0 Å². The predicted octanol–water partition coefficient (Wildman–Crippen LogP) is 3.67. The first kappa shape index (κ1) is 15.6. The third kappa shape index (κ3) is 2.71. The molecule has 0 radical (unpaired) electrons. The number of piperidine rings is 1.